The number of allylic oxidation sites excluding steroid dienone is 1. The molecule has 2 rings (SSSR count). The third kappa shape index (κ3) is 8.36. The first-order valence-corrected chi connectivity index (χ1v) is 10.7. The van der Waals surface area contributed by atoms with Gasteiger partial charge in [-0.3, -0.25) is 0 Å². The molecule has 7 nitrogen and oxygen atoms in total. The van der Waals surface area contributed by atoms with Crippen LogP contribution in [0.2, 0.25) is 0 Å². The van der Waals surface area contributed by atoms with Crippen LogP contribution < -0.4 is 14.2 Å². The number of nitrogens with zero attached hydrogens (tertiary/aromatic N) is 2. The number of oxime groups is 1. The Labute approximate surface area is 185 Å². The second kappa shape index (κ2) is 13.4. The summed E-state index contributed by atoms with van der Waals surface area (Å²) in [5.41, 5.74) is 2.81. The number of hydrogen-bond donors (Lipinski definition) is 0. The van der Waals surface area contributed by atoms with E-state index in [-0.39, 0.29) is 0 Å². The molecule has 0 atom stereocenters. The van der Waals surface area contributed by atoms with E-state index < -0.39 is 0 Å². The van der Waals surface area contributed by atoms with Gasteiger partial charge in [0.25, 0.3) is 5.88 Å². The molecular weight excluding hydrogens is 396 g/mol. The first-order chi connectivity index (χ1) is 15.0. The van der Waals surface area contributed by atoms with Crippen LogP contribution in [0.15, 0.2) is 40.0 Å². The Morgan fingerprint density at radius 1 is 1.00 bits per heavy atom. The molecule has 0 radical (unpaired) electrons. The SMILES string of the molecule is C/C=C/COc1cc(C)c(OCCCCCCOc2cc(C(C)=NOC)on2)c(C)c1. The van der Waals surface area contributed by atoms with Gasteiger partial charge >= 0.3 is 0 Å². The standard InChI is InChI=1S/C24H34N2O5/c1-6-7-12-28-21-15-18(2)24(19(3)16-21)30-14-11-9-8-10-13-29-23-17-22(31-26-23)20(4)25-27-5/h6-7,15-17H,8-14H2,1-5H3/b7-6+,25-20?. The van der Waals surface area contributed by atoms with Crippen LogP contribution >= 0.6 is 0 Å². The summed E-state index contributed by atoms with van der Waals surface area (Å²) in [7, 11) is 1.49. The van der Waals surface area contributed by atoms with E-state index in [4.69, 9.17) is 23.6 Å². The Morgan fingerprint density at radius 2 is 1.68 bits per heavy atom. The first-order valence-electron chi connectivity index (χ1n) is 10.7. The van der Waals surface area contributed by atoms with Crippen LogP contribution in [0.5, 0.6) is 17.4 Å². The Hall–Kier alpha value is -2.96. The maximum Gasteiger partial charge on any atom is 0.254 e. The molecule has 0 spiro atoms. The normalized spacial score (nSPS) is 11.7. The minimum atomic E-state index is 0.466. The molecule has 2 aromatic rings. The maximum atomic E-state index is 6.02. The molecule has 31 heavy (non-hydrogen) atoms. The third-order valence-electron chi connectivity index (χ3n) is 4.62. The molecule has 0 unspecified atom stereocenters. The van der Waals surface area contributed by atoms with E-state index in [9.17, 15) is 0 Å². The van der Waals surface area contributed by atoms with Crippen LogP contribution in [0.25, 0.3) is 0 Å². The minimum Gasteiger partial charge on any atom is -0.493 e. The summed E-state index contributed by atoms with van der Waals surface area (Å²) in [4.78, 5) is 4.72. The zero-order chi connectivity index (χ0) is 22.5. The summed E-state index contributed by atoms with van der Waals surface area (Å²) in [6.45, 7) is 9.76. The van der Waals surface area contributed by atoms with Crippen molar-refractivity contribution in [1.82, 2.24) is 5.16 Å². The van der Waals surface area contributed by atoms with E-state index in [1.54, 1.807) is 13.0 Å². The van der Waals surface area contributed by atoms with Crippen LogP contribution in [0.4, 0.5) is 0 Å². The van der Waals surface area contributed by atoms with Gasteiger partial charge in [-0.15, -0.1) is 0 Å². The average molecular weight is 431 g/mol. The molecule has 0 N–H and O–H groups in total. The van der Waals surface area contributed by atoms with Crippen molar-refractivity contribution in [2.24, 2.45) is 5.16 Å². The van der Waals surface area contributed by atoms with E-state index in [0.717, 1.165) is 48.3 Å². The Balaban J connectivity index is 1.62. The van der Waals surface area contributed by atoms with Gasteiger partial charge in [-0.1, -0.05) is 17.3 Å². The minimum absolute atomic E-state index is 0.466. The van der Waals surface area contributed by atoms with Gasteiger partial charge in [0, 0.05) is 0 Å². The molecule has 0 aliphatic carbocycles. The average Bonchev–Trinajstić information content (AvgIpc) is 3.21. The van der Waals surface area contributed by atoms with Gasteiger partial charge in [0.1, 0.15) is 30.9 Å². The molecule has 0 bridgehead atoms. The quantitative estimate of drug-likeness (QED) is 0.167. The Bertz CT molecular complexity index is 834. The Morgan fingerprint density at radius 3 is 2.32 bits per heavy atom. The predicted octanol–water partition coefficient (Wildman–Crippen LogP) is 5.63. The summed E-state index contributed by atoms with van der Waals surface area (Å²) >= 11 is 0. The highest BCUT2D eigenvalue weighted by atomic mass is 16.6. The van der Waals surface area contributed by atoms with Gasteiger partial charge in [-0.25, -0.2) is 0 Å². The van der Waals surface area contributed by atoms with E-state index in [0.29, 0.717) is 37.2 Å². The van der Waals surface area contributed by atoms with Gasteiger partial charge in [-0.2, -0.15) is 0 Å². The monoisotopic (exact) mass is 430 g/mol. The van der Waals surface area contributed by atoms with E-state index in [1.165, 1.54) is 7.11 Å². The molecule has 0 amide bonds. The Kier molecular flexibility index (Phi) is 10.5. The van der Waals surface area contributed by atoms with Crippen molar-refractivity contribution in [2.75, 3.05) is 26.9 Å². The molecule has 1 heterocycles. The molecule has 0 aliphatic rings. The number of unbranched alkanes of at least 4 members (excludes halogenated alkanes) is 3. The molecule has 1 aromatic carbocycles. The van der Waals surface area contributed by atoms with Crippen molar-refractivity contribution in [3.8, 4) is 17.4 Å². The van der Waals surface area contributed by atoms with Crippen molar-refractivity contribution in [2.45, 2.75) is 53.4 Å². The molecule has 0 aliphatic heterocycles. The van der Waals surface area contributed by atoms with Crippen molar-refractivity contribution in [3.05, 3.63) is 47.2 Å². The topological polar surface area (TPSA) is 75.3 Å². The molecule has 0 saturated carbocycles. The predicted molar refractivity (Wildman–Crippen MR) is 121 cm³/mol. The highest BCUT2D eigenvalue weighted by Crippen LogP contribution is 2.28. The second-order valence-corrected chi connectivity index (χ2v) is 7.27. The fourth-order valence-electron chi connectivity index (χ4n) is 3.05. The van der Waals surface area contributed by atoms with Crippen LogP contribution in [0.3, 0.4) is 0 Å². The van der Waals surface area contributed by atoms with Crippen LogP contribution in [-0.4, -0.2) is 37.8 Å². The zero-order valence-corrected chi connectivity index (χ0v) is 19.3. The highest BCUT2D eigenvalue weighted by Gasteiger charge is 2.09. The lowest BCUT2D eigenvalue weighted by atomic mass is 10.1. The van der Waals surface area contributed by atoms with Gasteiger partial charge < -0.3 is 23.6 Å². The lowest BCUT2D eigenvalue weighted by molar-refractivity contribution is 0.212. The van der Waals surface area contributed by atoms with Gasteiger partial charge in [0.05, 0.1) is 19.3 Å². The zero-order valence-electron chi connectivity index (χ0n) is 19.3. The number of hydrogen-bond acceptors (Lipinski definition) is 7. The third-order valence-corrected chi connectivity index (χ3v) is 4.62. The van der Waals surface area contributed by atoms with Gasteiger partial charge in [0.2, 0.25) is 0 Å². The van der Waals surface area contributed by atoms with Crippen molar-refractivity contribution in [3.63, 3.8) is 0 Å². The first kappa shape index (κ1) is 24.3. The lowest BCUT2D eigenvalue weighted by Gasteiger charge is -2.14. The maximum absolute atomic E-state index is 6.02. The summed E-state index contributed by atoms with van der Waals surface area (Å²) in [6.07, 6.45) is 8.06. The fraction of sp³-hybridized carbons (Fsp3) is 0.500. The summed E-state index contributed by atoms with van der Waals surface area (Å²) in [5, 5.41) is 7.68. The summed E-state index contributed by atoms with van der Waals surface area (Å²) in [5.74, 6) is 2.83. The van der Waals surface area contributed by atoms with Gasteiger partial charge in [-0.05, 0) is 81.8 Å². The number of benzene rings is 1. The van der Waals surface area contributed by atoms with Crippen molar-refractivity contribution in [1.29, 1.82) is 0 Å². The highest BCUT2D eigenvalue weighted by molar-refractivity contribution is 5.95. The smallest absolute Gasteiger partial charge is 0.254 e. The lowest BCUT2D eigenvalue weighted by Crippen LogP contribution is -2.03. The number of rotatable bonds is 14. The second-order valence-electron chi connectivity index (χ2n) is 7.27. The van der Waals surface area contributed by atoms with Crippen LogP contribution in [0.1, 0.15) is 56.4 Å². The molecule has 0 fully saturated rings. The summed E-state index contributed by atoms with van der Waals surface area (Å²) in [6, 6.07) is 5.77. The van der Waals surface area contributed by atoms with E-state index in [2.05, 4.69) is 24.2 Å². The molecule has 0 saturated heterocycles. The van der Waals surface area contributed by atoms with E-state index in [1.807, 2.05) is 31.2 Å². The van der Waals surface area contributed by atoms with Crippen LogP contribution in [-0.2, 0) is 4.84 Å². The van der Waals surface area contributed by atoms with Crippen molar-refractivity contribution < 1.29 is 23.6 Å². The van der Waals surface area contributed by atoms with E-state index >= 15 is 0 Å². The van der Waals surface area contributed by atoms with Gasteiger partial charge in [0.15, 0.2) is 5.76 Å². The van der Waals surface area contributed by atoms with Crippen LogP contribution in [0, 0.1) is 13.8 Å². The number of aryl methyl sites for hydroxylation is 2. The van der Waals surface area contributed by atoms with Crippen molar-refractivity contribution >= 4 is 5.71 Å². The molecule has 170 valence electrons. The molecule has 1 aromatic heterocycles. The largest absolute Gasteiger partial charge is 0.493 e. The number of aromatic nitrogens is 1. The molecule has 7 heteroatoms. The number of ether oxygens (including phenoxy) is 3. The summed E-state index contributed by atoms with van der Waals surface area (Å²) < 4.78 is 22.5. The fourth-order valence-corrected chi connectivity index (χ4v) is 3.05. The molecular formula is C24H34N2O5.